The number of amides is 2. The van der Waals surface area contributed by atoms with E-state index in [2.05, 4.69) is 35.2 Å². The van der Waals surface area contributed by atoms with Gasteiger partial charge in [0.25, 0.3) is 0 Å². The number of likely N-dealkylation sites (tertiary alicyclic amines) is 1. The first-order chi connectivity index (χ1) is 24.5. The number of halogens is 1. The van der Waals surface area contributed by atoms with Crippen molar-refractivity contribution in [2.45, 2.75) is 96.4 Å². The average Bonchev–Trinajstić information content (AvgIpc) is 3.62. The second-order valence-corrected chi connectivity index (χ2v) is 15.8. The predicted molar refractivity (Wildman–Crippen MR) is 192 cm³/mol. The van der Waals surface area contributed by atoms with Crippen LogP contribution in [-0.2, 0) is 14.6 Å². The minimum atomic E-state index is -0.450. The molecule has 4 aliphatic carbocycles. The maximum atomic E-state index is 15.4. The number of fused-ring (bicyclic) bond motifs is 3. The van der Waals surface area contributed by atoms with Gasteiger partial charge in [-0.3, -0.25) is 23.7 Å². The lowest BCUT2D eigenvalue weighted by Gasteiger charge is -2.55. The molecule has 1 N–H and O–H groups in total. The number of carbonyl (C=O) groups is 2. The van der Waals surface area contributed by atoms with Crippen LogP contribution in [0.3, 0.4) is 0 Å². The quantitative estimate of drug-likeness (QED) is 0.242. The number of rotatable bonds is 9. The number of carbonyl (C=O) groups excluding carboxylic acids is 3. The van der Waals surface area contributed by atoms with Crippen LogP contribution < -0.4 is 9.64 Å². The van der Waals surface area contributed by atoms with Crippen LogP contribution in [0.1, 0.15) is 95.2 Å². The molecule has 3 heterocycles. The molecule has 0 spiro atoms. The van der Waals surface area contributed by atoms with E-state index in [1.54, 1.807) is 29.0 Å². The normalized spacial score (nSPS) is 24.8. The first-order valence-electron chi connectivity index (χ1n) is 18.6. The molecule has 5 aliphatic rings. The Hall–Kier alpha value is -4.12. The molecule has 4 saturated carbocycles. The van der Waals surface area contributed by atoms with Crippen LogP contribution in [0.25, 0.3) is 11.1 Å². The lowest BCUT2D eigenvalue weighted by Crippen LogP contribution is -2.52. The molecule has 5 fully saturated rings. The molecule has 3 aromatic rings. The zero-order valence-electron chi connectivity index (χ0n) is 30.4. The van der Waals surface area contributed by atoms with Gasteiger partial charge in [0.05, 0.1) is 24.3 Å². The maximum absolute atomic E-state index is 15.4. The Balaban J connectivity index is 1.12. The number of aliphatic hydroxyl groups is 1. The Morgan fingerprint density at radius 3 is 2.39 bits per heavy atom. The molecule has 0 atom stereocenters. The van der Waals surface area contributed by atoms with Crippen molar-refractivity contribution in [2.75, 3.05) is 38.3 Å². The number of pyridine rings is 1. The molecule has 1 saturated heterocycles. The zero-order chi connectivity index (χ0) is 35.9. The van der Waals surface area contributed by atoms with Gasteiger partial charge in [-0.25, -0.2) is 9.37 Å². The van der Waals surface area contributed by atoms with Crippen LogP contribution in [0, 0.1) is 30.0 Å². The number of nitrogens with zero attached hydrogens (tertiary/aromatic N) is 5. The third kappa shape index (κ3) is 6.93. The van der Waals surface area contributed by atoms with E-state index in [1.807, 2.05) is 24.9 Å². The number of ketones is 1. The van der Waals surface area contributed by atoms with E-state index < -0.39 is 5.82 Å². The van der Waals surface area contributed by atoms with E-state index in [4.69, 9.17) is 9.16 Å². The average molecular weight is 701 g/mol. The molecule has 11 heteroatoms. The van der Waals surface area contributed by atoms with E-state index in [9.17, 15) is 14.7 Å². The Labute approximate surface area is 299 Å². The number of hydrogen-bond acceptors (Lipinski definition) is 6. The van der Waals surface area contributed by atoms with E-state index in [0.29, 0.717) is 68.0 Å². The molecule has 2 amide bonds. The SMILES string of the molecule is COc1ccc(C23CCC(CN(C(=O)C4CCC(=[O+]C(=O)N5CC(CO)C5)CC4)c4cc(-c5cnn(C(C)C)c5)c(F)cn4)(CC2)CC3)cc1C. The Morgan fingerprint density at radius 2 is 1.78 bits per heavy atom. The lowest BCUT2D eigenvalue weighted by atomic mass is 9.51. The Kier molecular flexibility index (Phi) is 9.78. The molecule has 51 heavy (non-hydrogen) atoms. The first-order valence-corrected chi connectivity index (χ1v) is 18.6. The number of anilines is 1. The summed E-state index contributed by atoms with van der Waals surface area (Å²) >= 11 is 0. The summed E-state index contributed by atoms with van der Waals surface area (Å²) < 4.78 is 28.4. The fourth-order valence-corrected chi connectivity index (χ4v) is 8.84. The lowest BCUT2D eigenvalue weighted by molar-refractivity contribution is -0.363. The summed E-state index contributed by atoms with van der Waals surface area (Å²) in [7, 11) is 1.71. The summed E-state index contributed by atoms with van der Waals surface area (Å²) in [5, 5.41) is 13.7. The van der Waals surface area contributed by atoms with Gasteiger partial charge < -0.3 is 9.84 Å². The zero-order valence-corrected chi connectivity index (χ0v) is 30.4. The molecule has 1 aliphatic heterocycles. The summed E-state index contributed by atoms with van der Waals surface area (Å²) in [4.78, 5) is 35.2. The van der Waals surface area contributed by atoms with E-state index in [0.717, 1.165) is 49.8 Å². The highest BCUT2D eigenvalue weighted by atomic mass is 19.1. The second-order valence-electron chi connectivity index (χ2n) is 15.8. The van der Waals surface area contributed by atoms with E-state index in [-0.39, 0.29) is 47.3 Å². The van der Waals surface area contributed by atoms with Gasteiger partial charge in [-0.05, 0) is 106 Å². The van der Waals surface area contributed by atoms with Gasteiger partial charge in [0.1, 0.15) is 17.4 Å². The number of aromatic nitrogens is 3. The van der Waals surface area contributed by atoms with Gasteiger partial charge in [-0.1, -0.05) is 12.1 Å². The van der Waals surface area contributed by atoms with E-state index >= 15 is 4.39 Å². The first kappa shape index (κ1) is 35.3. The van der Waals surface area contributed by atoms with Crippen LogP contribution in [-0.4, -0.2) is 75.9 Å². The number of ether oxygens (including phenoxy) is 1. The molecule has 1 aromatic carbocycles. The van der Waals surface area contributed by atoms with Crippen molar-refractivity contribution < 1.29 is 28.2 Å². The topological polar surface area (TPSA) is 112 Å². The molecular formula is C40H51FN5O5+. The van der Waals surface area contributed by atoms with Gasteiger partial charge in [-0.15, -0.1) is 0 Å². The smallest absolute Gasteiger partial charge is 0.496 e. The minimum absolute atomic E-state index is 0.000551. The number of methoxy groups -OCH3 is 1. The van der Waals surface area contributed by atoms with Crippen LogP contribution in [0.4, 0.5) is 15.0 Å². The van der Waals surface area contributed by atoms with Crippen molar-refractivity contribution in [1.82, 2.24) is 19.7 Å². The number of benzene rings is 1. The van der Waals surface area contributed by atoms with Crippen molar-refractivity contribution in [1.29, 1.82) is 0 Å². The van der Waals surface area contributed by atoms with Crippen LogP contribution in [0.2, 0.25) is 0 Å². The number of aliphatic hydroxyl groups excluding tert-OH is 1. The molecule has 2 bridgehead atoms. The highest BCUT2D eigenvalue weighted by Crippen LogP contribution is 2.58. The summed E-state index contributed by atoms with van der Waals surface area (Å²) in [6.45, 7) is 7.77. The fourth-order valence-electron chi connectivity index (χ4n) is 8.84. The number of aryl methyl sites for hydroxylation is 1. The van der Waals surface area contributed by atoms with Crippen molar-refractivity contribution >= 4 is 23.6 Å². The standard InChI is InChI=1S/C40H51FN5O5/c1-26(2)46-23-30(19-43-46)33-18-36(42-20-34(33)41)45(37(48)29-5-8-32(9-6-29)51-38(49)44-21-28(22-44)24-47)25-39-11-14-40(15-12-39,16-13-39)31-7-10-35(50-4)27(3)17-31/h7,10,17-20,23,26,28-29,47H,5-6,8-9,11-16,21-22,24-25H2,1-4H3/q+1. The Morgan fingerprint density at radius 1 is 1.08 bits per heavy atom. The van der Waals surface area contributed by atoms with Gasteiger partial charge in [0, 0.05) is 74.3 Å². The van der Waals surface area contributed by atoms with Crippen molar-refractivity contribution in [3.05, 3.63) is 59.8 Å². The van der Waals surface area contributed by atoms with Crippen LogP contribution in [0.15, 0.2) is 42.9 Å². The highest BCUT2D eigenvalue weighted by molar-refractivity contribution is 5.96. The molecule has 272 valence electrons. The van der Waals surface area contributed by atoms with Gasteiger partial charge in [0.2, 0.25) is 11.7 Å². The monoisotopic (exact) mass is 700 g/mol. The molecule has 0 unspecified atom stereocenters. The van der Waals surface area contributed by atoms with Gasteiger partial charge in [0.15, 0.2) is 0 Å². The molecule has 0 radical (unpaired) electrons. The largest absolute Gasteiger partial charge is 0.693 e. The highest BCUT2D eigenvalue weighted by Gasteiger charge is 2.51. The Bertz CT molecular complexity index is 1780. The maximum Gasteiger partial charge on any atom is 0.693 e. The van der Waals surface area contributed by atoms with Crippen molar-refractivity contribution in [3.63, 3.8) is 0 Å². The molecular weight excluding hydrogens is 649 g/mol. The third-order valence-electron chi connectivity index (χ3n) is 12.3. The van der Waals surface area contributed by atoms with Gasteiger partial charge in [-0.2, -0.15) is 5.10 Å². The third-order valence-corrected chi connectivity index (χ3v) is 12.3. The number of hydrogen-bond donors (Lipinski definition) is 1. The summed E-state index contributed by atoms with van der Waals surface area (Å²) in [5.74, 6) is 1.48. The van der Waals surface area contributed by atoms with Gasteiger partial charge >= 0.3 is 6.09 Å². The van der Waals surface area contributed by atoms with Crippen LogP contribution in [0.5, 0.6) is 5.75 Å². The molecule has 10 nitrogen and oxygen atoms in total. The van der Waals surface area contributed by atoms with Crippen molar-refractivity contribution in [3.8, 4) is 16.9 Å². The van der Waals surface area contributed by atoms with Crippen LogP contribution >= 0.6 is 0 Å². The minimum Gasteiger partial charge on any atom is -0.496 e. The predicted octanol–water partition coefficient (Wildman–Crippen LogP) is 6.95. The summed E-state index contributed by atoms with van der Waals surface area (Å²) in [6.07, 6.45) is 12.7. The molecule has 2 aromatic heterocycles. The molecule has 8 rings (SSSR count). The second kappa shape index (κ2) is 14.1. The van der Waals surface area contributed by atoms with Crippen molar-refractivity contribution in [2.24, 2.45) is 17.3 Å². The fraction of sp³-hybridized carbons (Fsp3) is 0.575. The summed E-state index contributed by atoms with van der Waals surface area (Å²) in [6, 6.07) is 8.45. The van der Waals surface area contributed by atoms with E-state index in [1.165, 1.54) is 11.8 Å². The summed E-state index contributed by atoms with van der Waals surface area (Å²) in [5.41, 5.74) is 3.64.